The number of pyridine rings is 2. The SMILES string of the molecule is CCOc1ncc(-c2ccc3ncc4c(c3c2)n(-c2cn(C)nc2C)c(=O)n4C)cc1NC(=O)CC. The Labute approximate surface area is 207 Å². The third-order valence-corrected chi connectivity index (χ3v) is 6.17. The first-order chi connectivity index (χ1) is 17.3. The van der Waals surface area contributed by atoms with E-state index in [2.05, 4.69) is 20.4 Å². The Morgan fingerprint density at radius 3 is 2.58 bits per heavy atom. The largest absolute Gasteiger partial charge is 0.476 e. The number of ether oxygens (including phenoxy) is 1. The summed E-state index contributed by atoms with van der Waals surface area (Å²) < 4.78 is 10.6. The van der Waals surface area contributed by atoms with Gasteiger partial charge in [-0.25, -0.2) is 9.78 Å². The summed E-state index contributed by atoms with van der Waals surface area (Å²) in [6.07, 6.45) is 5.61. The first-order valence-corrected chi connectivity index (χ1v) is 11.8. The predicted molar refractivity (Wildman–Crippen MR) is 139 cm³/mol. The molecule has 0 atom stereocenters. The zero-order valence-electron chi connectivity index (χ0n) is 20.9. The number of carbonyl (C=O) groups is 1. The summed E-state index contributed by atoms with van der Waals surface area (Å²) in [6, 6.07) is 7.71. The number of rotatable bonds is 6. The molecule has 10 heteroatoms. The highest BCUT2D eigenvalue weighted by atomic mass is 16.5. The van der Waals surface area contributed by atoms with Gasteiger partial charge in [-0.15, -0.1) is 0 Å². The van der Waals surface area contributed by atoms with E-state index in [4.69, 9.17) is 4.74 Å². The van der Waals surface area contributed by atoms with Crippen LogP contribution in [0.3, 0.4) is 0 Å². The lowest BCUT2D eigenvalue weighted by molar-refractivity contribution is -0.115. The first-order valence-electron chi connectivity index (χ1n) is 11.8. The van der Waals surface area contributed by atoms with E-state index in [0.29, 0.717) is 30.1 Å². The molecule has 0 bridgehead atoms. The van der Waals surface area contributed by atoms with Crippen LogP contribution in [-0.2, 0) is 18.9 Å². The van der Waals surface area contributed by atoms with Crippen LogP contribution in [0.15, 0.2) is 47.7 Å². The van der Waals surface area contributed by atoms with Gasteiger partial charge < -0.3 is 10.1 Å². The number of fused-ring (bicyclic) bond motifs is 3. The zero-order valence-corrected chi connectivity index (χ0v) is 20.9. The number of hydrogen-bond donors (Lipinski definition) is 1. The molecule has 184 valence electrons. The van der Waals surface area contributed by atoms with Crippen LogP contribution in [0, 0.1) is 6.92 Å². The van der Waals surface area contributed by atoms with Crippen molar-refractivity contribution in [1.82, 2.24) is 28.9 Å². The van der Waals surface area contributed by atoms with Crippen LogP contribution in [0.2, 0.25) is 0 Å². The number of imidazole rings is 1. The van der Waals surface area contributed by atoms with E-state index >= 15 is 0 Å². The smallest absolute Gasteiger partial charge is 0.333 e. The lowest BCUT2D eigenvalue weighted by Crippen LogP contribution is -2.21. The third kappa shape index (κ3) is 3.80. The van der Waals surface area contributed by atoms with Crippen molar-refractivity contribution >= 4 is 33.5 Å². The molecule has 1 aromatic carbocycles. The Morgan fingerprint density at radius 1 is 1.08 bits per heavy atom. The van der Waals surface area contributed by atoms with Crippen LogP contribution in [0.4, 0.5) is 5.69 Å². The van der Waals surface area contributed by atoms with Crippen LogP contribution in [0.25, 0.3) is 38.8 Å². The molecule has 1 amide bonds. The molecule has 1 N–H and O–H groups in total. The van der Waals surface area contributed by atoms with Crippen molar-refractivity contribution in [3.63, 3.8) is 0 Å². The maximum absolute atomic E-state index is 13.3. The lowest BCUT2D eigenvalue weighted by Gasteiger charge is -2.12. The number of benzene rings is 1. The fourth-order valence-corrected chi connectivity index (χ4v) is 4.40. The summed E-state index contributed by atoms with van der Waals surface area (Å²) in [5.41, 5.74) is 5.70. The van der Waals surface area contributed by atoms with Crippen LogP contribution in [-0.4, -0.2) is 41.4 Å². The molecule has 0 radical (unpaired) electrons. The molecule has 0 fully saturated rings. The van der Waals surface area contributed by atoms with E-state index < -0.39 is 0 Å². The predicted octanol–water partition coefficient (Wildman–Crippen LogP) is 3.73. The Bertz CT molecular complexity index is 1690. The molecular weight excluding hydrogens is 458 g/mol. The van der Waals surface area contributed by atoms with Crippen molar-refractivity contribution in [2.45, 2.75) is 27.2 Å². The highest BCUT2D eigenvalue weighted by molar-refractivity contribution is 6.05. The minimum Gasteiger partial charge on any atom is -0.476 e. The molecule has 0 unspecified atom stereocenters. The van der Waals surface area contributed by atoms with Crippen molar-refractivity contribution in [3.8, 4) is 22.7 Å². The molecule has 10 nitrogen and oxygen atoms in total. The second-order valence-corrected chi connectivity index (χ2v) is 8.59. The topological polar surface area (TPSA) is 109 Å². The van der Waals surface area contributed by atoms with Gasteiger partial charge in [-0.05, 0) is 37.6 Å². The molecule has 0 saturated carbocycles. The number of anilines is 1. The fraction of sp³-hybridized carbons (Fsp3) is 0.269. The quantitative estimate of drug-likeness (QED) is 0.393. The Morgan fingerprint density at radius 2 is 1.89 bits per heavy atom. The summed E-state index contributed by atoms with van der Waals surface area (Å²) in [5.74, 6) is 0.247. The van der Waals surface area contributed by atoms with Gasteiger partial charge in [0, 0.05) is 43.9 Å². The van der Waals surface area contributed by atoms with E-state index in [1.165, 1.54) is 0 Å². The number of amides is 1. The minimum atomic E-state index is -0.173. The van der Waals surface area contributed by atoms with Gasteiger partial charge in [-0.2, -0.15) is 5.10 Å². The average molecular weight is 486 g/mol. The molecule has 0 aliphatic rings. The van der Waals surface area contributed by atoms with Crippen molar-refractivity contribution in [2.75, 3.05) is 11.9 Å². The van der Waals surface area contributed by atoms with Crippen LogP contribution >= 0.6 is 0 Å². The minimum absolute atomic E-state index is 0.125. The molecule has 0 saturated heterocycles. The molecule has 5 aromatic rings. The number of carbonyl (C=O) groups excluding carboxylic acids is 1. The lowest BCUT2D eigenvalue weighted by atomic mass is 10.0. The van der Waals surface area contributed by atoms with E-state index in [0.717, 1.165) is 38.9 Å². The Balaban J connectivity index is 1.75. The maximum Gasteiger partial charge on any atom is 0.333 e. The number of aromatic nitrogens is 6. The zero-order chi connectivity index (χ0) is 25.6. The van der Waals surface area contributed by atoms with Crippen LogP contribution in [0.5, 0.6) is 5.88 Å². The standard InChI is InChI=1S/C26H27N7O3/c1-6-23(34)29-20-11-17(12-28-25(20)36-7-2)16-8-9-19-18(10-16)24-21(13-27-19)32(5)26(35)33(24)22-14-31(4)30-15(22)3/h8-14H,6-7H2,1-5H3,(H,29,34). The molecule has 4 heterocycles. The molecular formula is C26H27N7O3. The summed E-state index contributed by atoms with van der Waals surface area (Å²) in [7, 11) is 3.57. The van der Waals surface area contributed by atoms with Crippen LogP contribution < -0.4 is 15.7 Å². The average Bonchev–Trinajstić information content (AvgIpc) is 3.34. The maximum atomic E-state index is 13.3. The van der Waals surface area contributed by atoms with Gasteiger partial charge in [-0.1, -0.05) is 13.0 Å². The first kappa shape index (κ1) is 23.3. The van der Waals surface area contributed by atoms with E-state index in [1.54, 1.807) is 40.2 Å². The van der Waals surface area contributed by atoms with E-state index in [-0.39, 0.29) is 11.6 Å². The number of nitrogens with one attached hydrogen (secondary N) is 1. The molecule has 0 spiro atoms. The van der Waals surface area contributed by atoms with Crippen molar-refractivity contribution in [2.24, 2.45) is 14.1 Å². The van der Waals surface area contributed by atoms with Gasteiger partial charge >= 0.3 is 5.69 Å². The van der Waals surface area contributed by atoms with Gasteiger partial charge in [-0.3, -0.25) is 23.6 Å². The van der Waals surface area contributed by atoms with Gasteiger partial charge in [0.25, 0.3) is 0 Å². The van der Waals surface area contributed by atoms with Crippen molar-refractivity contribution < 1.29 is 9.53 Å². The normalized spacial score (nSPS) is 11.4. The van der Waals surface area contributed by atoms with Crippen molar-refractivity contribution in [3.05, 3.63) is 59.0 Å². The summed E-state index contributed by atoms with van der Waals surface area (Å²) in [4.78, 5) is 34.5. The summed E-state index contributed by atoms with van der Waals surface area (Å²) in [6.45, 7) is 5.97. The second-order valence-electron chi connectivity index (χ2n) is 8.59. The van der Waals surface area contributed by atoms with Crippen LogP contribution in [0.1, 0.15) is 26.0 Å². The van der Waals surface area contributed by atoms with Gasteiger partial charge in [0.1, 0.15) is 5.69 Å². The van der Waals surface area contributed by atoms with Gasteiger partial charge in [0.15, 0.2) is 0 Å². The Hall–Kier alpha value is -4.47. The van der Waals surface area contributed by atoms with Gasteiger partial charge in [0.2, 0.25) is 11.8 Å². The molecule has 5 rings (SSSR count). The Kier molecular flexibility index (Phi) is 5.79. The fourth-order valence-electron chi connectivity index (χ4n) is 4.40. The van der Waals surface area contributed by atoms with E-state index in [1.807, 2.05) is 51.4 Å². The highest BCUT2D eigenvalue weighted by Gasteiger charge is 2.19. The second kappa shape index (κ2) is 8.95. The number of aryl methyl sites for hydroxylation is 3. The number of nitrogens with zero attached hydrogens (tertiary/aromatic N) is 6. The summed E-state index contributed by atoms with van der Waals surface area (Å²) >= 11 is 0. The molecule has 4 aromatic heterocycles. The molecule has 36 heavy (non-hydrogen) atoms. The summed E-state index contributed by atoms with van der Waals surface area (Å²) in [5, 5.41) is 8.12. The monoisotopic (exact) mass is 485 g/mol. The van der Waals surface area contributed by atoms with Gasteiger partial charge in [0.05, 0.1) is 40.7 Å². The molecule has 0 aliphatic heterocycles. The van der Waals surface area contributed by atoms with E-state index in [9.17, 15) is 9.59 Å². The third-order valence-electron chi connectivity index (χ3n) is 6.17. The van der Waals surface area contributed by atoms with Crippen molar-refractivity contribution in [1.29, 1.82) is 0 Å². The highest BCUT2D eigenvalue weighted by Crippen LogP contribution is 2.33. The molecule has 0 aliphatic carbocycles. The number of hydrogen-bond acceptors (Lipinski definition) is 6.